The van der Waals surface area contributed by atoms with E-state index in [0.717, 1.165) is 36.0 Å². The number of carbonyl (C=O) groups excluding carboxylic acids is 2. The predicted molar refractivity (Wildman–Crippen MR) is 131 cm³/mol. The molecule has 1 atom stereocenters. The Labute approximate surface area is 199 Å². The number of pyridine rings is 1. The lowest BCUT2D eigenvalue weighted by Gasteiger charge is -2.35. The van der Waals surface area contributed by atoms with Crippen molar-refractivity contribution in [3.05, 3.63) is 59.8 Å². The molecule has 34 heavy (non-hydrogen) atoms. The second-order valence-electron chi connectivity index (χ2n) is 8.23. The third-order valence-electron chi connectivity index (χ3n) is 6.08. The number of rotatable bonds is 8. The van der Waals surface area contributed by atoms with Crippen molar-refractivity contribution < 1.29 is 23.8 Å². The highest BCUT2D eigenvalue weighted by Crippen LogP contribution is 2.36. The maximum absolute atomic E-state index is 13.7. The topological polar surface area (TPSA) is 78.0 Å². The van der Waals surface area contributed by atoms with Crippen LogP contribution in [0, 0.1) is 5.92 Å². The van der Waals surface area contributed by atoms with E-state index in [9.17, 15) is 9.59 Å². The first-order valence-electron chi connectivity index (χ1n) is 11.7. The minimum Gasteiger partial charge on any atom is -0.497 e. The van der Waals surface area contributed by atoms with Gasteiger partial charge in [0.2, 0.25) is 0 Å². The quantitative estimate of drug-likeness (QED) is 0.356. The van der Waals surface area contributed by atoms with Crippen LogP contribution in [-0.4, -0.2) is 50.1 Å². The van der Waals surface area contributed by atoms with Crippen LogP contribution in [0.3, 0.4) is 0 Å². The molecule has 0 aliphatic carbocycles. The number of esters is 1. The Bertz CT molecular complexity index is 1180. The van der Waals surface area contributed by atoms with E-state index in [1.807, 2.05) is 32.0 Å². The maximum atomic E-state index is 13.7. The Balaban J connectivity index is 1.79. The number of piperidine rings is 1. The fraction of sp³-hybridized carbons (Fsp3) is 0.370. The monoisotopic (exact) mass is 462 g/mol. The van der Waals surface area contributed by atoms with Gasteiger partial charge in [-0.15, -0.1) is 0 Å². The molecule has 1 aromatic heterocycles. The second-order valence-corrected chi connectivity index (χ2v) is 8.23. The van der Waals surface area contributed by atoms with E-state index < -0.39 is 0 Å². The van der Waals surface area contributed by atoms with Crippen LogP contribution in [0.5, 0.6) is 11.5 Å². The zero-order valence-electron chi connectivity index (χ0n) is 19.9. The van der Waals surface area contributed by atoms with E-state index in [1.54, 1.807) is 37.6 Å². The van der Waals surface area contributed by atoms with Gasteiger partial charge in [-0.05, 0) is 69.2 Å². The number of aromatic nitrogens is 1. The number of fused-ring (bicyclic) bond motifs is 1. The highest BCUT2D eigenvalue weighted by Gasteiger charge is 2.30. The molecule has 0 radical (unpaired) electrons. The van der Waals surface area contributed by atoms with Gasteiger partial charge in [0.1, 0.15) is 11.5 Å². The second kappa shape index (κ2) is 10.5. The minimum atomic E-state index is -0.240. The summed E-state index contributed by atoms with van der Waals surface area (Å²) in [6, 6.07) is 12.8. The molecule has 0 bridgehead atoms. The summed E-state index contributed by atoms with van der Waals surface area (Å²) >= 11 is 0. The third-order valence-corrected chi connectivity index (χ3v) is 6.08. The van der Waals surface area contributed by atoms with E-state index in [0.29, 0.717) is 42.4 Å². The number of hydrogen-bond donors (Lipinski definition) is 0. The molecule has 1 fully saturated rings. The first-order chi connectivity index (χ1) is 16.5. The van der Waals surface area contributed by atoms with Crippen molar-refractivity contribution in [3.63, 3.8) is 0 Å². The minimum absolute atomic E-state index is 0.131. The number of anilines is 1. The molecule has 2 heterocycles. The lowest BCUT2D eigenvalue weighted by Crippen LogP contribution is -2.40. The highest BCUT2D eigenvalue weighted by molar-refractivity contribution is 6.16. The van der Waals surface area contributed by atoms with E-state index in [-0.39, 0.29) is 17.7 Å². The molecule has 7 heteroatoms. The van der Waals surface area contributed by atoms with Gasteiger partial charge in [-0.2, -0.15) is 0 Å². The van der Waals surface area contributed by atoms with Crippen LogP contribution in [0.1, 0.15) is 42.6 Å². The first-order valence-corrected chi connectivity index (χ1v) is 11.7. The van der Waals surface area contributed by atoms with Crippen LogP contribution < -0.4 is 14.4 Å². The molecule has 3 aromatic rings. The van der Waals surface area contributed by atoms with Gasteiger partial charge < -0.3 is 19.1 Å². The molecule has 0 spiro atoms. The molecule has 0 saturated carbocycles. The van der Waals surface area contributed by atoms with Gasteiger partial charge in [0, 0.05) is 30.2 Å². The number of carbonyl (C=O) groups is 2. The van der Waals surface area contributed by atoms with Crippen molar-refractivity contribution in [2.45, 2.75) is 26.7 Å². The van der Waals surface area contributed by atoms with Crippen LogP contribution >= 0.6 is 0 Å². The molecular formula is C27H30N2O5. The predicted octanol–water partition coefficient (Wildman–Crippen LogP) is 4.65. The zero-order chi connectivity index (χ0) is 24.1. The Morgan fingerprint density at radius 1 is 1.06 bits per heavy atom. The smallest absolute Gasteiger partial charge is 0.310 e. The molecule has 1 saturated heterocycles. The molecular weight excluding hydrogens is 432 g/mol. The molecule has 0 amide bonds. The van der Waals surface area contributed by atoms with Gasteiger partial charge in [0.25, 0.3) is 0 Å². The SMILES string of the molecule is CCOC(=O)C1CCCN(c2c(C(=O)c3ccc(OCC)cc3)cnc3ccc(OC)cc23)C1. The average Bonchev–Trinajstić information content (AvgIpc) is 2.88. The van der Waals surface area contributed by atoms with E-state index >= 15 is 0 Å². The maximum Gasteiger partial charge on any atom is 0.310 e. The molecule has 1 unspecified atom stereocenters. The number of nitrogens with zero attached hydrogens (tertiary/aromatic N) is 2. The van der Waals surface area contributed by atoms with E-state index in [1.165, 1.54) is 0 Å². The Morgan fingerprint density at radius 2 is 1.82 bits per heavy atom. The Morgan fingerprint density at radius 3 is 2.53 bits per heavy atom. The van der Waals surface area contributed by atoms with Gasteiger partial charge in [-0.3, -0.25) is 14.6 Å². The number of benzene rings is 2. The third kappa shape index (κ3) is 4.83. The van der Waals surface area contributed by atoms with Crippen molar-refractivity contribution in [1.29, 1.82) is 0 Å². The molecule has 2 aromatic carbocycles. The fourth-order valence-corrected chi connectivity index (χ4v) is 4.45. The lowest BCUT2D eigenvalue weighted by molar-refractivity contribution is -0.148. The summed E-state index contributed by atoms with van der Waals surface area (Å²) in [5.74, 6) is 0.834. The van der Waals surface area contributed by atoms with Crippen molar-refractivity contribution in [1.82, 2.24) is 4.98 Å². The molecule has 7 nitrogen and oxygen atoms in total. The molecule has 4 rings (SSSR count). The Kier molecular flexibility index (Phi) is 7.30. The van der Waals surface area contributed by atoms with E-state index in [2.05, 4.69) is 9.88 Å². The molecule has 178 valence electrons. The van der Waals surface area contributed by atoms with Gasteiger partial charge in [0.05, 0.1) is 43.0 Å². The fourth-order valence-electron chi connectivity index (χ4n) is 4.45. The van der Waals surface area contributed by atoms with Crippen molar-refractivity contribution in [2.24, 2.45) is 5.92 Å². The summed E-state index contributed by atoms with van der Waals surface area (Å²) in [6.07, 6.45) is 3.23. The molecule has 1 aliphatic rings. The van der Waals surface area contributed by atoms with Crippen molar-refractivity contribution in [3.8, 4) is 11.5 Å². The van der Waals surface area contributed by atoms with Crippen molar-refractivity contribution >= 4 is 28.3 Å². The molecule has 0 N–H and O–H groups in total. The number of ketones is 1. The first kappa shape index (κ1) is 23.5. The summed E-state index contributed by atoms with van der Waals surface area (Å²) < 4.78 is 16.3. The van der Waals surface area contributed by atoms with Gasteiger partial charge in [-0.25, -0.2) is 0 Å². The van der Waals surface area contributed by atoms with E-state index in [4.69, 9.17) is 14.2 Å². The summed E-state index contributed by atoms with van der Waals surface area (Å²) in [6.45, 7) is 5.86. The van der Waals surface area contributed by atoms with Crippen LogP contribution in [0.2, 0.25) is 0 Å². The number of methoxy groups -OCH3 is 1. The van der Waals surface area contributed by atoms with Gasteiger partial charge in [-0.1, -0.05) is 0 Å². The Hall–Kier alpha value is -3.61. The number of hydrogen-bond acceptors (Lipinski definition) is 7. The standard InChI is InChI=1S/C27H30N2O5/c1-4-33-20-10-8-18(9-11-20)26(30)23-16-28-24-13-12-21(32-3)15-22(24)25(23)29-14-6-7-19(17-29)27(31)34-5-2/h8-13,15-16,19H,4-7,14,17H2,1-3H3. The molecule has 1 aliphatic heterocycles. The zero-order valence-corrected chi connectivity index (χ0v) is 19.9. The summed E-state index contributed by atoms with van der Waals surface area (Å²) in [5, 5.41) is 0.820. The summed E-state index contributed by atoms with van der Waals surface area (Å²) in [5.41, 5.74) is 2.58. The van der Waals surface area contributed by atoms with Crippen LogP contribution in [0.15, 0.2) is 48.7 Å². The van der Waals surface area contributed by atoms with Crippen LogP contribution in [0.4, 0.5) is 5.69 Å². The average molecular weight is 463 g/mol. The van der Waals surface area contributed by atoms with Crippen LogP contribution in [-0.2, 0) is 9.53 Å². The number of ether oxygens (including phenoxy) is 3. The van der Waals surface area contributed by atoms with Crippen molar-refractivity contribution in [2.75, 3.05) is 38.3 Å². The van der Waals surface area contributed by atoms with Gasteiger partial charge >= 0.3 is 5.97 Å². The van der Waals surface area contributed by atoms with Gasteiger partial charge in [0.15, 0.2) is 5.78 Å². The summed E-state index contributed by atoms with van der Waals surface area (Å²) in [7, 11) is 1.61. The highest BCUT2D eigenvalue weighted by atomic mass is 16.5. The normalized spacial score (nSPS) is 15.7. The van der Waals surface area contributed by atoms with Crippen LogP contribution in [0.25, 0.3) is 10.9 Å². The largest absolute Gasteiger partial charge is 0.497 e. The lowest BCUT2D eigenvalue weighted by atomic mass is 9.94. The summed E-state index contributed by atoms with van der Waals surface area (Å²) in [4.78, 5) is 32.9.